The molecule has 92 valence electrons. The van der Waals surface area contributed by atoms with Gasteiger partial charge in [-0.3, -0.25) is 0 Å². The van der Waals surface area contributed by atoms with E-state index >= 15 is 0 Å². The van der Waals surface area contributed by atoms with Crippen molar-refractivity contribution in [3.05, 3.63) is 24.4 Å². The summed E-state index contributed by atoms with van der Waals surface area (Å²) in [6, 6.07) is 8.25. The zero-order valence-electron chi connectivity index (χ0n) is 10.5. The summed E-state index contributed by atoms with van der Waals surface area (Å²) in [6.07, 6.45) is 8.54. The molecule has 0 spiro atoms. The summed E-state index contributed by atoms with van der Waals surface area (Å²) < 4.78 is 0. The number of pyridine rings is 1. The molecule has 1 aromatic heterocycles. The van der Waals surface area contributed by atoms with E-state index in [9.17, 15) is 0 Å². The molecule has 2 aliphatic rings. The van der Waals surface area contributed by atoms with Crippen LogP contribution in [0.3, 0.4) is 0 Å². The molecule has 2 atom stereocenters. The average Bonchev–Trinajstić information content (AvgIpc) is 2.32. The van der Waals surface area contributed by atoms with Crippen LogP contribution < -0.4 is 5.32 Å². The molecule has 0 aromatic carbocycles. The summed E-state index contributed by atoms with van der Waals surface area (Å²) in [4.78, 5) is 6.96. The third-order valence-electron chi connectivity index (χ3n) is 4.36. The molecule has 0 saturated carbocycles. The van der Waals surface area contributed by atoms with Crippen LogP contribution in [0.5, 0.6) is 0 Å². The van der Waals surface area contributed by atoms with Crippen LogP contribution in [0.15, 0.2) is 24.4 Å². The minimum atomic E-state index is 0.608. The number of nitrogens with one attached hydrogen (secondary N) is 1. The lowest BCUT2D eigenvalue weighted by atomic mass is 9.82. The van der Waals surface area contributed by atoms with E-state index in [1.54, 1.807) is 0 Å². The topological polar surface area (TPSA) is 28.2 Å². The molecule has 0 aliphatic carbocycles. The largest absolute Gasteiger partial charge is 0.367 e. The molecule has 2 bridgehead atoms. The highest BCUT2D eigenvalue weighted by molar-refractivity contribution is 5.34. The Morgan fingerprint density at radius 3 is 2.65 bits per heavy atom. The molecular formula is C14H21N3. The highest BCUT2D eigenvalue weighted by atomic mass is 15.2. The molecule has 0 radical (unpaired) electrons. The van der Waals surface area contributed by atoms with E-state index in [0.717, 1.165) is 17.9 Å². The Balaban J connectivity index is 1.66. The van der Waals surface area contributed by atoms with Crippen LogP contribution in [-0.2, 0) is 0 Å². The maximum atomic E-state index is 4.36. The monoisotopic (exact) mass is 231 g/mol. The van der Waals surface area contributed by atoms with Crippen molar-refractivity contribution in [1.82, 2.24) is 9.88 Å². The Bertz CT molecular complexity index is 351. The molecular weight excluding hydrogens is 210 g/mol. The summed E-state index contributed by atoms with van der Waals surface area (Å²) in [5.74, 6) is 1.03. The van der Waals surface area contributed by atoms with Gasteiger partial charge in [0.2, 0.25) is 0 Å². The first kappa shape index (κ1) is 11.0. The summed E-state index contributed by atoms with van der Waals surface area (Å²) in [5.41, 5.74) is 0. The van der Waals surface area contributed by atoms with E-state index in [1.165, 1.54) is 32.1 Å². The van der Waals surface area contributed by atoms with Gasteiger partial charge in [-0.25, -0.2) is 4.98 Å². The number of piperidine rings is 2. The van der Waals surface area contributed by atoms with Crippen LogP contribution >= 0.6 is 0 Å². The minimum absolute atomic E-state index is 0.608. The van der Waals surface area contributed by atoms with Crippen LogP contribution in [-0.4, -0.2) is 35.1 Å². The summed E-state index contributed by atoms with van der Waals surface area (Å²) >= 11 is 0. The van der Waals surface area contributed by atoms with Gasteiger partial charge in [-0.05, 0) is 44.9 Å². The third-order valence-corrected chi connectivity index (χ3v) is 4.36. The molecule has 2 unspecified atom stereocenters. The lowest BCUT2D eigenvalue weighted by Gasteiger charge is -2.47. The van der Waals surface area contributed by atoms with E-state index in [4.69, 9.17) is 0 Å². The Morgan fingerprint density at radius 1 is 1.24 bits per heavy atom. The van der Waals surface area contributed by atoms with Crippen molar-refractivity contribution in [3.63, 3.8) is 0 Å². The van der Waals surface area contributed by atoms with Crippen molar-refractivity contribution in [2.24, 2.45) is 0 Å². The first-order valence-corrected chi connectivity index (χ1v) is 6.72. The lowest BCUT2D eigenvalue weighted by molar-refractivity contribution is 0.0608. The third kappa shape index (κ3) is 2.29. The highest BCUT2D eigenvalue weighted by Crippen LogP contribution is 2.33. The molecule has 17 heavy (non-hydrogen) atoms. The molecule has 3 heteroatoms. The first-order valence-electron chi connectivity index (χ1n) is 6.72. The Kier molecular flexibility index (Phi) is 3.02. The lowest BCUT2D eigenvalue weighted by Crippen LogP contribution is -2.52. The predicted molar refractivity (Wildman–Crippen MR) is 70.1 cm³/mol. The summed E-state index contributed by atoms with van der Waals surface area (Å²) in [5, 5.41) is 3.59. The van der Waals surface area contributed by atoms with Crippen LogP contribution in [0.25, 0.3) is 0 Å². The van der Waals surface area contributed by atoms with Crippen molar-refractivity contribution in [2.75, 3.05) is 12.4 Å². The molecule has 3 rings (SSSR count). The Labute approximate surface area is 103 Å². The predicted octanol–water partition coefficient (Wildman–Crippen LogP) is 2.51. The van der Waals surface area contributed by atoms with Crippen LogP contribution in [0, 0.1) is 0 Å². The molecule has 3 heterocycles. The second-order valence-corrected chi connectivity index (χ2v) is 5.43. The van der Waals surface area contributed by atoms with Gasteiger partial charge in [0.25, 0.3) is 0 Å². The summed E-state index contributed by atoms with van der Waals surface area (Å²) in [6.45, 7) is 0. The van der Waals surface area contributed by atoms with Gasteiger partial charge in [0.15, 0.2) is 0 Å². The van der Waals surface area contributed by atoms with Gasteiger partial charge < -0.3 is 10.2 Å². The summed E-state index contributed by atoms with van der Waals surface area (Å²) in [7, 11) is 2.30. The van der Waals surface area contributed by atoms with Crippen LogP contribution in [0.1, 0.15) is 32.1 Å². The van der Waals surface area contributed by atoms with Gasteiger partial charge in [0.1, 0.15) is 5.82 Å². The normalized spacial score (nSPS) is 33.4. The molecule has 0 amide bonds. The average molecular weight is 231 g/mol. The number of aromatic nitrogens is 1. The van der Waals surface area contributed by atoms with Gasteiger partial charge in [-0.1, -0.05) is 12.5 Å². The van der Waals surface area contributed by atoms with E-state index in [-0.39, 0.29) is 0 Å². The standard InChI is InChI=1S/C14H21N3/c1-17-12-5-4-6-13(17)10-11(9-12)16-14-7-2-3-8-15-14/h2-3,7-8,11-13H,4-6,9-10H2,1H3,(H,15,16). The maximum absolute atomic E-state index is 4.36. The number of fused-ring (bicyclic) bond motifs is 2. The fourth-order valence-electron chi connectivity index (χ4n) is 3.39. The van der Waals surface area contributed by atoms with Gasteiger partial charge in [0.05, 0.1) is 0 Å². The number of hydrogen-bond donors (Lipinski definition) is 1. The van der Waals surface area contributed by atoms with Gasteiger partial charge in [-0.2, -0.15) is 0 Å². The Morgan fingerprint density at radius 2 is 2.00 bits per heavy atom. The zero-order valence-corrected chi connectivity index (χ0v) is 10.5. The first-order chi connectivity index (χ1) is 8.33. The van der Waals surface area contributed by atoms with Crippen LogP contribution in [0.4, 0.5) is 5.82 Å². The second-order valence-electron chi connectivity index (χ2n) is 5.43. The number of nitrogens with zero attached hydrogens (tertiary/aromatic N) is 2. The van der Waals surface area contributed by atoms with Crippen molar-refractivity contribution >= 4 is 5.82 Å². The van der Waals surface area contributed by atoms with Crippen molar-refractivity contribution in [1.29, 1.82) is 0 Å². The molecule has 3 nitrogen and oxygen atoms in total. The number of rotatable bonds is 2. The van der Waals surface area contributed by atoms with Gasteiger partial charge in [-0.15, -0.1) is 0 Å². The quantitative estimate of drug-likeness (QED) is 0.847. The zero-order chi connectivity index (χ0) is 11.7. The molecule has 1 N–H and O–H groups in total. The SMILES string of the molecule is CN1C2CCCC1CC(Nc1ccccn1)C2. The maximum Gasteiger partial charge on any atom is 0.126 e. The molecule has 1 aromatic rings. The Hall–Kier alpha value is -1.09. The van der Waals surface area contributed by atoms with Gasteiger partial charge in [0, 0.05) is 24.3 Å². The van der Waals surface area contributed by atoms with E-state index in [0.29, 0.717) is 6.04 Å². The fourth-order valence-corrected chi connectivity index (χ4v) is 3.39. The fraction of sp³-hybridized carbons (Fsp3) is 0.643. The van der Waals surface area contributed by atoms with E-state index in [1.807, 2.05) is 18.3 Å². The molecule has 2 saturated heterocycles. The van der Waals surface area contributed by atoms with Crippen molar-refractivity contribution < 1.29 is 0 Å². The van der Waals surface area contributed by atoms with E-state index in [2.05, 4.69) is 28.3 Å². The van der Waals surface area contributed by atoms with Crippen molar-refractivity contribution in [2.45, 2.75) is 50.2 Å². The number of anilines is 1. The number of hydrogen-bond acceptors (Lipinski definition) is 3. The van der Waals surface area contributed by atoms with E-state index < -0.39 is 0 Å². The highest BCUT2D eigenvalue weighted by Gasteiger charge is 2.35. The second kappa shape index (κ2) is 4.65. The van der Waals surface area contributed by atoms with Crippen molar-refractivity contribution in [3.8, 4) is 0 Å². The van der Waals surface area contributed by atoms with Gasteiger partial charge >= 0.3 is 0 Å². The molecule has 2 fully saturated rings. The smallest absolute Gasteiger partial charge is 0.126 e. The molecule has 2 aliphatic heterocycles. The minimum Gasteiger partial charge on any atom is -0.367 e. The van der Waals surface area contributed by atoms with Crippen LogP contribution in [0.2, 0.25) is 0 Å².